The molecule has 6 atom stereocenters. The number of benzene rings is 2. The van der Waals surface area contributed by atoms with E-state index in [1.54, 1.807) is 39.8 Å². The zero-order valence-corrected chi connectivity index (χ0v) is 33.2. The number of ether oxygens (including phenoxy) is 6. The van der Waals surface area contributed by atoms with Crippen LogP contribution in [-0.4, -0.2) is 88.4 Å². The smallest absolute Gasteiger partial charge is 0.289 e. The van der Waals surface area contributed by atoms with Gasteiger partial charge in [-0.2, -0.15) is 11.3 Å². The maximum Gasteiger partial charge on any atom is 0.289 e. The third kappa shape index (κ3) is 7.83. The highest BCUT2D eigenvalue weighted by Crippen LogP contribution is 2.50. The van der Waals surface area contributed by atoms with Gasteiger partial charge in [0.2, 0.25) is 6.29 Å². The van der Waals surface area contributed by atoms with Crippen LogP contribution in [-0.2, 0) is 27.1 Å². The minimum atomic E-state index is -0.548. The van der Waals surface area contributed by atoms with Crippen LogP contribution >= 0.6 is 11.3 Å². The van der Waals surface area contributed by atoms with Gasteiger partial charge in [-0.25, -0.2) is 0 Å². The lowest BCUT2D eigenvalue weighted by Gasteiger charge is -2.49. The Kier molecular flexibility index (Phi) is 12.4. The molecule has 7 rings (SSSR count). The summed E-state index contributed by atoms with van der Waals surface area (Å²) in [5.41, 5.74) is 6.12. The molecule has 0 bridgehead atoms. The van der Waals surface area contributed by atoms with Gasteiger partial charge in [-0.05, 0) is 125 Å². The van der Waals surface area contributed by atoms with Crippen LogP contribution in [0.15, 0.2) is 52.9 Å². The van der Waals surface area contributed by atoms with Crippen molar-refractivity contribution >= 4 is 17.2 Å². The third-order valence-electron chi connectivity index (χ3n) is 12.2. The van der Waals surface area contributed by atoms with E-state index in [1.165, 1.54) is 16.7 Å². The molecule has 2 aromatic carbocycles. The molecule has 0 spiro atoms. The molecule has 11 heteroatoms. The molecular weight excluding hydrogens is 705 g/mol. The SMILES string of the molecule is CCC1CN2CCc3cc(OC)c(OC)cc3C2CC1CC1c2cc(OC)c(OC)cc2CCN1C(=O)C1=CC(c2ccsc2)CC(OCCCCO)O1. The predicted molar refractivity (Wildman–Crippen MR) is 209 cm³/mol. The Morgan fingerprint density at radius 1 is 0.889 bits per heavy atom. The fraction of sp³-hybridized carbons (Fsp3) is 0.558. The van der Waals surface area contributed by atoms with Crippen LogP contribution in [0, 0.1) is 11.8 Å². The second kappa shape index (κ2) is 17.4. The summed E-state index contributed by atoms with van der Waals surface area (Å²) >= 11 is 1.65. The average Bonchev–Trinajstić information content (AvgIpc) is 3.76. The Balaban J connectivity index is 1.23. The van der Waals surface area contributed by atoms with Crippen LogP contribution in [0.3, 0.4) is 0 Å². The van der Waals surface area contributed by atoms with Gasteiger partial charge in [-0.3, -0.25) is 9.69 Å². The second-order valence-corrected chi connectivity index (χ2v) is 15.8. The lowest BCUT2D eigenvalue weighted by molar-refractivity contribution is -0.155. The molecule has 1 amide bonds. The van der Waals surface area contributed by atoms with Gasteiger partial charge in [-0.1, -0.05) is 13.3 Å². The van der Waals surface area contributed by atoms with Crippen molar-refractivity contribution in [3.8, 4) is 23.0 Å². The Bertz CT molecular complexity index is 1780. The standard InChI is InChI=1S/C43H56N2O8S/c1-6-27-25-44-12-9-28-19-37(48-2)39(50-4)23-33(28)35(44)17-31(27)18-36-34-24-40(51-5)38(49-3)20-29(34)10-13-45(36)43(47)41-21-32(30-11-16-54-26-30)22-42(53-41)52-15-8-7-14-46/h11,16,19-21,23-24,26-27,31-32,35-36,42,46H,6-10,12-15,17-18,22,25H2,1-5H3. The molecule has 10 nitrogen and oxygen atoms in total. The Morgan fingerprint density at radius 2 is 1.57 bits per heavy atom. The number of carbonyl (C=O) groups excluding carboxylic acids is 1. The minimum absolute atomic E-state index is 0.00228. The van der Waals surface area contributed by atoms with Gasteiger partial charge in [0, 0.05) is 44.6 Å². The predicted octanol–water partition coefficient (Wildman–Crippen LogP) is 7.45. The number of fused-ring (bicyclic) bond motifs is 4. The molecular formula is C43H56N2O8S. The summed E-state index contributed by atoms with van der Waals surface area (Å²) < 4.78 is 35.7. The number of unbranched alkanes of at least 4 members (excludes halogenated alkanes) is 1. The van der Waals surface area contributed by atoms with Crippen LogP contribution in [0.2, 0.25) is 0 Å². The van der Waals surface area contributed by atoms with E-state index in [4.69, 9.17) is 28.4 Å². The number of hydrogen-bond acceptors (Lipinski definition) is 10. The number of nitrogens with zero attached hydrogens (tertiary/aromatic N) is 2. The van der Waals surface area contributed by atoms with Crippen molar-refractivity contribution in [1.29, 1.82) is 0 Å². The van der Waals surface area contributed by atoms with E-state index < -0.39 is 6.29 Å². The first-order valence-corrected chi connectivity index (χ1v) is 20.5. The maximum atomic E-state index is 15.0. The highest BCUT2D eigenvalue weighted by Gasteiger charge is 2.43. The Hall–Kier alpha value is -3.77. The monoisotopic (exact) mass is 760 g/mol. The highest BCUT2D eigenvalue weighted by molar-refractivity contribution is 7.08. The van der Waals surface area contributed by atoms with Crippen LogP contribution in [0.4, 0.5) is 0 Å². The second-order valence-electron chi connectivity index (χ2n) is 15.0. The number of aliphatic hydroxyl groups is 1. The van der Waals surface area contributed by atoms with Gasteiger partial charge < -0.3 is 38.4 Å². The van der Waals surface area contributed by atoms with Crippen LogP contribution < -0.4 is 18.9 Å². The molecule has 0 saturated carbocycles. The average molecular weight is 761 g/mol. The summed E-state index contributed by atoms with van der Waals surface area (Å²) in [5.74, 6) is 4.01. The summed E-state index contributed by atoms with van der Waals surface area (Å²) in [6, 6.07) is 10.7. The largest absolute Gasteiger partial charge is 0.493 e. The van der Waals surface area contributed by atoms with E-state index in [2.05, 4.69) is 57.8 Å². The molecule has 0 radical (unpaired) electrons. The van der Waals surface area contributed by atoms with Crippen LogP contribution in [0.25, 0.3) is 0 Å². The summed E-state index contributed by atoms with van der Waals surface area (Å²) in [4.78, 5) is 19.7. The van der Waals surface area contributed by atoms with Crippen molar-refractivity contribution in [3.05, 3.63) is 80.7 Å². The fourth-order valence-electron chi connectivity index (χ4n) is 9.27. The molecule has 1 aromatic heterocycles. The number of thiophene rings is 1. The van der Waals surface area contributed by atoms with Crippen molar-refractivity contribution in [2.24, 2.45) is 11.8 Å². The zero-order chi connectivity index (χ0) is 37.8. The number of amides is 1. The number of allylic oxidation sites excluding steroid dienone is 1. The Morgan fingerprint density at radius 3 is 2.24 bits per heavy atom. The van der Waals surface area contributed by atoms with Gasteiger partial charge >= 0.3 is 0 Å². The molecule has 6 unspecified atom stereocenters. The van der Waals surface area contributed by atoms with Gasteiger partial charge in [0.1, 0.15) is 0 Å². The van der Waals surface area contributed by atoms with Gasteiger partial charge in [0.15, 0.2) is 28.8 Å². The first-order valence-electron chi connectivity index (χ1n) is 19.6. The van der Waals surface area contributed by atoms with E-state index in [-0.39, 0.29) is 30.5 Å². The summed E-state index contributed by atoms with van der Waals surface area (Å²) in [6.07, 6.45) is 8.05. The summed E-state index contributed by atoms with van der Waals surface area (Å²) in [6.45, 7) is 5.50. The van der Waals surface area contributed by atoms with Crippen LogP contribution in [0.1, 0.15) is 91.3 Å². The first kappa shape index (κ1) is 38.5. The zero-order valence-electron chi connectivity index (χ0n) is 32.4. The summed E-state index contributed by atoms with van der Waals surface area (Å²) in [5, 5.41) is 13.5. The maximum absolute atomic E-state index is 15.0. The molecule has 4 aliphatic rings. The van der Waals surface area contributed by atoms with E-state index in [0.29, 0.717) is 61.5 Å². The van der Waals surface area contributed by atoms with Gasteiger partial charge in [-0.15, -0.1) is 0 Å². The topological polar surface area (TPSA) is 99.2 Å². The third-order valence-corrected chi connectivity index (χ3v) is 12.9. The van der Waals surface area contributed by atoms with Crippen molar-refractivity contribution in [2.75, 3.05) is 61.3 Å². The molecule has 1 fully saturated rings. The lowest BCUT2D eigenvalue weighted by Crippen LogP contribution is -2.48. The summed E-state index contributed by atoms with van der Waals surface area (Å²) in [7, 11) is 6.75. The molecule has 0 aliphatic carbocycles. The number of aliphatic hydroxyl groups excluding tert-OH is 1. The van der Waals surface area contributed by atoms with E-state index >= 15 is 0 Å². The van der Waals surface area contributed by atoms with E-state index in [9.17, 15) is 9.90 Å². The Labute approximate surface area is 323 Å². The molecule has 3 aromatic rings. The molecule has 1 N–H and O–H groups in total. The number of carbonyl (C=O) groups is 1. The molecule has 1 saturated heterocycles. The normalized spacial score (nSPS) is 25.1. The number of methoxy groups -OCH3 is 4. The van der Waals surface area contributed by atoms with Crippen LogP contribution in [0.5, 0.6) is 23.0 Å². The quantitative estimate of drug-likeness (QED) is 0.168. The lowest BCUT2D eigenvalue weighted by atomic mass is 9.72. The number of piperidine rings is 1. The van der Waals surface area contributed by atoms with Crippen molar-refractivity contribution in [1.82, 2.24) is 9.80 Å². The molecule has 5 heterocycles. The number of hydrogen-bond donors (Lipinski definition) is 1. The molecule has 4 aliphatic heterocycles. The van der Waals surface area contributed by atoms with Gasteiger partial charge in [0.25, 0.3) is 5.91 Å². The fourth-order valence-corrected chi connectivity index (χ4v) is 9.99. The van der Waals surface area contributed by atoms with Crippen molar-refractivity contribution < 1.29 is 38.3 Å². The highest BCUT2D eigenvalue weighted by atomic mass is 32.1. The van der Waals surface area contributed by atoms with Gasteiger partial charge in [0.05, 0.1) is 41.1 Å². The number of rotatable bonds is 14. The van der Waals surface area contributed by atoms with E-state index in [0.717, 1.165) is 67.8 Å². The first-order chi connectivity index (χ1) is 26.4. The van der Waals surface area contributed by atoms with Crippen molar-refractivity contribution in [2.45, 2.75) is 82.6 Å². The molecule has 54 heavy (non-hydrogen) atoms. The molecule has 292 valence electrons. The van der Waals surface area contributed by atoms with Crippen molar-refractivity contribution in [3.63, 3.8) is 0 Å². The minimum Gasteiger partial charge on any atom is -0.493 e. The van der Waals surface area contributed by atoms with E-state index in [1.807, 2.05) is 6.08 Å².